The van der Waals surface area contributed by atoms with E-state index < -0.39 is 0 Å². The summed E-state index contributed by atoms with van der Waals surface area (Å²) in [5.41, 5.74) is 6.43. The van der Waals surface area contributed by atoms with Gasteiger partial charge in [0.1, 0.15) is 5.65 Å². The van der Waals surface area contributed by atoms with Crippen LogP contribution in [0.15, 0.2) is 72.9 Å². The number of hydrogen-bond acceptors (Lipinski definition) is 3. The van der Waals surface area contributed by atoms with Crippen molar-refractivity contribution < 1.29 is 4.74 Å². The van der Waals surface area contributed by atoms with Crippen LogP contribution >= 0.6 is 11.6 Å². The zero-order chi connectivity index (χ0) is 19.6. The molecule has 0 amide bonds. The number of halogens is 1. The molecule has 0 bridgehead atoms. The molecule has 2 aromatic carbocycles. The van der Waals surface area contributed by atoms with Crippen molar-refractivity contribution in [2.75, 3.05) is 26.3 Å². The van der Waals surface area contributed by atoms with E-state index in [2.05, 4.69) is 58.0 Å². The van der Waals surface area contributed by atoms with Gasteiger partial charge in [-0.3, -0.25) is 4.90 Å². The monoisotopic (exact) mass is 403 g/mol. The van der Waals surface area contributed by atoms with Gasteiger partial charge in [-0.25, -0.2) is 4.98 Å². The standard InChI is InChI=1S/C24H22ClN3O/c25-21-9-5-4-8-20(21)19-10-11-23-26-24(18-6-2-1-3-7-18)22(28(23)16-19)17-27-12-14-29-15-13-27/h1-11,16H,12-15,17H2. The Balaban J connectivity index is 1.65. The van der Waals surface area contributed by atoms with Crippen LogP contribution < -0.4 is 0 Å². The molecule has 1 aliphatic heterocycles. The number of ether oxygens (including phenoxy) is 1. The van der Waals surface area contributed by atoms with E-state index in [1.54, 1.807) is 0 Å². The van der Waals surface area contributed by atoms with Crippen LogP contribution in [-0.4, -0.2) is 40.6 Å². The first kappa shape index (κ1) is 18.4. The Morgan fingerprint density at radius 1 is 0.862 bits per heavy atom. The maximum Gasteiger partial charge on any atom is 0.137 e. The topological polar surface area (TPSA) is 29.8 Å². The number of morpholine rings is 1. The summed E-state index contributed by atoms with van der Waals surface area (Å²) >= 11 is 6.46. The molecule has 0 spiro atoms. The van der Waals surface area contributed by atoms with Crippen molar-refractivity contribution >= 4 is 17.2 Å². The highest BCUT2D eigenvalue weighted by molar-refractivity contribution is 6.33. The number of rotatable bonds is 4. The van der Waals surface area contributed by atoms with Crippen molar-refractivity contribution in [3.8, 4) is 22.4 Å². The van der Waals surface area contributed by atoms with E-state index in [0.29, 0.717) is 0 Å². The Labute approximate surface area is 175 Å². The molecule has 4 nitrogen and oxygen atoms in total. The van der Waals surface area contributed by atoms with Crippen molar-refractivity contribution in [3.63, 3.8) is 0 Å². The van der Waals surface area contributed by atoms with Gasteiger partial charge in [0, 0.05) is 42.0 Å². The van der Waals surface area contributed by atoms with Crippen LogP contribution in [0.1, 0.15) is 5.69 Å². The summed E-state index contributed by atoms with van der Waals surface area (Å²) in [5, 5.41) is 0.755. The summed E-state index contributed by atoms with van der Waals surface area (Å²) in [6.45, 7) is 4.27. The van der Waals surface area contributed by atoms with Crippen LogP contribution in [0.4, 0.5) is 0 Å². The van der Waals surface area contributed by atoms with Gasteiger partial charge in [-0.15, -0.1) is 0 Å². The van der Waals surface area contributed by atoms with Crippen LogP contribution in [0.3, 0.4) is 0 Å². The van der Waals surface area contributed by atoms with Gasteiger partial charge >= 0.3 is 0 Å². The van der Waals surface area contributed by atoms with E-state index in [4.69, 9.17) is 21.3 Å². The highest BCUT2D eigenvalue weighted by atomic mass is 35.5. The number of imidazole rings is 1. The molecule has 0 atom stereocenters. The maximum absolute atomic E-state index is 6.46. The number of benzene rings is 2. The lowest BCUT2D eigenvalue weighted by molar-refractivity contribution is 0.0336. The number of aromatic nitrogens is 2. The minimum absolute atomic E-state index is 0.755. The predicted octanol–water partition coefficient (Wildman–Crippen LogP) is 5.15. The molecule has 0 N–H and O–H groups in total. The highest BCUT2D eigenvalue weighted by Crippen LogP contribution is 2.31. The van der Waals surface area contributed by atoms with Gasteiger partial charge in [-0.1, -0.05) is 60.1 Å². The van der Waals surface area contributed by atoms with Gasteiger partial charge in [0.05, 0.1) is 24.6 Å². The van der Waals surface area contributed by atoms with Gasteiger partial charge in [-0.05, 0) is 23.8 Å². The van der Waals surface area contributed by atoms with Gasteiger partial charge in [0.25, 0.3) is 0 Å². The molecule has 0 radical (unpaired) electrons. The van der Waals surface area contributed by atoms with Gasteiger partial charge in [-0.2, -0.15) is 0 Å². The Morgan fingerprint density at radius 2 is 1.62 bits per heavy atom. The molecule has 4 aromatic rings. The Hall–Kier alpha value is -2.66. The molecular weight excluding hydrogens is 382 g/mol. The predicted molar refractivity (Wildman–Crippen MR) is 117 cm³/mol. The molecule has 5 heteroatoms. The van der Waals surface area contributed by atoms with Crippen LogP contribution in [0.5, 0.6) is 0 Å². The summed E-state index contributed by atoms with van der Waals surface area (Å²) in [6, 6.07) is 22.5. The third kappa shape index (κ3) is 3.67. The van der Waals surface area contributed by atoms with E-state index in [0.717, 1.165) is 65.9 Å². The number of fused-ring (bicyclic) bond motifs is 1. The fourth-order valence-corrected chi connectivity index (χ4v) is 4.14. The SMILES string of the molecule is Clc1ccccc1-c1ccc2nc(-c3ccccc3)c(CN3CCOCC3)n2c1. The fourth-order valence-electron chi connectivity index (χ4n) is 3.90. The van der Waals surface area contributed by atoms with Crippen LogP contribution in [0.2, 0.25) is 5.02 Å². The zero-order valence-corrected chi connectivity index (χ0v) is 16.8. The zero-order valence-electron chi connectivity index (χ0n) is 16.1. The summed E-state index contributed by atoms with van der Waals surface area (Å²) in [7, 11) is 0. The van der Waals surface area contributed by atoms with E-state index in [9.17, 15) is 0 Å². The minimum Gasteiger partial charge on any atom is -0.379 e. The van der Waals surface area contributed by atoms with Crippen molar-refractivity contribution in [1.29, 1.82) is 0 Å². The van der Waals surface area contributed by atoms with E-state index >= 15 is 0 Å². The van der Waals surface area contributed by atoms with Gasteiger partial charge in [0.15, 0.2) is 0 Å². The molecule has 146 valence electrons. The second kappa shape index (κ2) is 7.99. The van der Waals surface area contributed by atoms with E-state index in [1.165, 1.54) is 5.69 Å². The molecular formula is C24H22ClN3O. The van der Waals surface area contributed by atoms with E-state index in [-0.39, 0.29) is 0 Å². The molecule has 1 fully saturated rings. The number of nitrogens with zero attached hydrogens (tertiary/aromatic N) is 3. The second-order valence-corrected chi connectivity index (χ2v) is 7.69. The molecule has 0 saturated carbocycles. The highest BCUT2D eigenvalue weighted by Gasteiger charge is 2.19. The van der Waals surface area contributed by atoms with E-state index in [1.807, 2.05) is 24.3 Å². The quantitative estimate of drug-likeness (QED) is 0.471. The van der Waals surface area contributed by atoms with Crippen molar-refractivity contribution in [2.24, 2.45) is 0 Å². The lowest BCUT2D eigenvalue weighted by Crippen LogP contribution is -2.36. The first-order chi connectivity index (χ1) is 14.3. The van der Waals surface area contributed by atoms with Gasteiger partial charge < -0.3 is 9.14 Å². The molecule has 2 aromatic heterocycles. The lowest BCUT2D eigenvalue weighted by atomic mass is 10.1. The Kier molecular flexibility index (Phi) is 5.06. The number of pyridine rings is 1. The van der Waals surface area contributed by atoms with Crippen LogP contribution in [0, 0.1) is 0 Å². The summed E-state index contributed by atoms with van der Waals surface area (Å²) in [5.74, 6) is 0. The van der Waals surface area contributed by atoms with Crippen molar-refractivity contribution in [1.82, 2.24) is 14.3 Å². The van der Waals surface area contributed by atoms with Crippen molar-refractivity contribution in [2.45, 2.75) is 6.54 Å². The Morgan fingerprint density at radius 3 is 2.41 bits per heavy atom. The van der Waals surface area contributed by atoms with Gasteiger partial charge in [0.2, 0.25) is 0 Å². The third-order valence-electron chi connectivity index (χ3n) is 5.43. The Bertz CT molecular complexity index is 1130. The average Bonchev–Trinajstić information content (AvgIpc) is 3.13. The molecule has 3 heterocycles. The normalized spacial score (nSPS) is 15.1. The molecule has 0 unspecified atom stereocenters. The minimum atomic E-state index is 0.755. The fraction of sp³-hybridized carbons (Fsp3) is 0.208. The number of hydrogen-bond donors (Lipinski definition) is 0. The molecule has 0 aliphatic carbocycles. The summed E-state index contributed by atoms with van der Waals surface area (Å²) < 4.78 is 7.75. The summed E-state index contributed by atoms with van der Waals surface area (Å²) in [4.78, 5) is 7.41. The van der Waals surface area contributed by atoms with Crippen LogP contribution in [0.25, 0.3) is 28.0 Å². The first-order valence-corrected chi connectivity index (χ1v) is 10.3. The third-order valence-corrected chi connectivity index (χ3v) is 5.76. The maximum atomic E-state index is 6.46. The first-order valence-electron chi connectivity index (χ1n) is 9.91. The second-order valence-electron chi connectivity index (χ2n) is 7.29. The van der Waals surface area contributed by atoms with Crippen LogP contribution in [-0.2, 0) is 11.3 Å². The largest absolute Gasteiger partial charge is 0.379 e. The smallest absolute Gasteiger partial charge is 0.137 e. The summed E-state index contributed by atoms with van der Waals surface area (Å²) in [6.07, 6.45) is 2.16. The lowest BCUT2D eigenvalue weighted by Gasteiger charge is -2.26. The van der Waals surface area contributed by atoms with Crippen molar-refractivity contribution in [3.05, 3.63) is 83.6 Å². The molecule has 1 aliphatic rings. The molecule has 29 heavy (non-hydrogen) atoms. The average molecular weight is 404 g/mol. The molecule has 5 rings (SSSR count). The molecule has 1 saturated heterocycles.